The third-order valence-electron chi connectivity index (χ3n) is 7.17. The maximum atomic E-state index is 14.1. The highest BCUT2D eigenvalue weighted by molar-refractivity contribution is 5.90. The summed E-state index contributed by atoms with van der Waals surface area (Å²) in [5, 5.41) is 16.8. The fraction of sp³-hybridized carbons (Fsp3) is 0.321. The van der Waals surface area contributed by atoms with Crippen LogP contribution in [0.2, 0.25) is 0 Å². The first-order chi connectivity index (χ1) is 18.2. The van der Waals surface area contributed by atoms with Crippen molar-refractivity contribution >= 4 is 22.4 Å². The van der Waals surface area contributed by atoms with E-state index in [9.17, 15) is 23.1 Å². The molecular formula is C28H29F3N4O3. The molecule has 0 spiro atoms. The number of halogens is 3. The zero-order valence-corrected chi connectivity index (χ0v) is 20.8. The standard InChI is InChI=1S/C28H29F3N4O3/c1-38-23-10-9-19-12-21(8-7-20(19)13-23)25(33-16-17-5-6-17)27(26(36)37)14-24(28(29,30)31)34-35(27)22-4-2-3-18(11-22)15-32/h2-4,7-14,17,25,33-34H,5-6,15-16,32H2,1H3,(H,36,37). The lowest BCUT2D eigenvalue weighted by atomic mass is 9.83. The molecule has 2 atom stereocenters. The number of carboxylic acid groups (broad SMARTS) is 1. The summed E-state index contributed by atoms with van der Waals surface area (Å²) in [5.41, 5.74) is 6.33. The lowest BCUT2D eigenvalue weighted by molar-refractivity contribution is -0.142. The Morgan fingerprint density at radius 1 is 1.18 bits per heavy atom. The molecule has 1 aliphatic heterocycles. The van der Waals surface area contributed by atoms with E-state index in [2.05, 4.69) is 10.7 Å². The third-order valence-corrected chi connectivity index (χ3v) is 7.17. The molecule has 0 amide bonds. The second-order valence-electron chi connectivity index (χ2n) is 9.76. The number of anilines is 1. The topological polar surface area (TPSA) is 99.8 Å². The molecule has 0 radical (unpaired) electrons. The van der Waals surface area contributed by atoms with Crippen LogP contribution in [0.15, 0.2) is 72.4 Å². The number of alkyl halides is 3. The molecule has 5 N–H and O–H groups in total. The third kappa shape index (κ3) is 4.77. The molecule has 7 nitrogen and oxygen atoms in total. The van der Waals surface area contributed by atoms with E-state index in [0.29, 0.717) is 29.3 Å². The van der Waals surface area contributed by atoms with Crippen molar-refractivity contribution < 1.29 is 27.8 Å². The van der Waals surface area contributed by atoms with Crippen molar-refractivity contribution in [1.82, 2.24) is 10.7 Å². The fourth-order valence-corrected chi connectivity index (χ4v) is 4.95. The molecular weight excluding hydrogens is 497 g/mol. The average Bonchev–Trinajstić information content (AvgIpc) is 3.64. The number of ether oxygens (including phenoxy) is 1. The largest absolute Gasteiger partial charge is 0.497 e. The van der Waals surface area contributed by atoms with Crippen molar-refractivity contribution in [3.8, 4) is 5.75 Å². The van der Waals surface area contributed by atoms with Gasteiger partial charge in [-0.2, -0.15) is 13.2 Å². The Hall–Kier alpha value is -3.76. The van der Waals surface area contributed by atoms with Gasteiger partial charge in [0.1, 0.15) is 11.4 Å². The minimum absolute atomic E-state index is 0.152. The van der Waals surface area contributed by atoms with E-state index >= 15 is 0 Å². The predicted octanol–water partition coefficient (Wildman–Crippen LogP) is 4.64. The van der Waals surface area contributed by atoms with E-state index in [0.717, 1.165) is 34.7 Å². The van der Waals surface area contributed by atoms with Crippen molar-refractivity contribution in [2.24, 2.45) is 11.7 Å². The number of nitrogens with zero attached hydrogens (tertiary/aromatic N) is 1. The maximum Gasteiger partial charge on any atom is 0.432 e. The minimum Gasteiger partial charge on any atom is -0.497 e. The van der Waals surface area contributed by atoms with Gasteiger partial charge in [-0.1, -0.05) is 30.3 Å². The second kappa shape index (κ2) is 9.85. The Balaban J connectivity index is 1.70. The number of benzene rings is 3. The van der Waals surface area contributed by atoms with Crippen LogP contribution in [0.1, 0.15) is 30.0 Å². The van der Waals surface area contributed by atoms with E-state index in [1.807, 2.05) is 24.3 Å². The van der Waals surface area contributed by atoms with E-state index in [-0.39, 0.29) is 12.2 Å². The number of hydrogen-bond donors (Lipinski definition) is 4. The summed E-state index contributed by atoms with van der Waals surface area (Å²) >= 11 is 0. The van der Waals surface area contributed by atoms with Crippen molar-refractivity contribution in [2.45, 2.75) is 37.1 Å². The number of nitrogens with one attached hydrogen (secondary N) is 2. The van der Waals surface area contributed by atoms with Crippen LogP contribution >= 0.6 is 0 Å². The number of fused-ring (bicyclic) bond motifs is 1. The van der Waals surface area contributed by atoms with Crippen molar-refractivity contribution in [3.05, 3.63) is 83.6 Å². The summed E-state index contributed by atoms with van der Waals surface area (Å²) in [6.07, 6.45) is -2.03. The van der Waals surface area contributed by atoms with Gasteiger partial charge in [0.15, 0.2) is 5.54 Å². The summed E-state index contributed by atoms with van der Waals surface area (Å²) in [7, 11) is 1.57. The van der Waals surface area contributed by atoms with Crippen LogP contribution in [-0.4, -0.2) is 36.4 Å². The van der Waals surface area contributed by atoms with Crippen LogP contribution in [0.25, 0.3) is 10.8 Å². The van der Waals surface area contributed by atoms with Crippen LogP contribution in [-0.2, 0) is 11.3 Å². The molecule has 10 heteroatoms. The molecule has 3 aromatic carbocycles. The molecule has 0 bridgehead atoms. The van der Waals surface area contributed by atoms with E-state index in [4.69, 9.17) is 10.5 Å². The Kier molecular flexibility index (Phi) is 6.70. The zero-order valence-electron chi connectivity index (χ0n) is 20.8. The molecule has 38 heavy (non-hydrogen) atoms. The first-order valence-electron chi connectivity index (χ1n) is 12.4. The molecule has 3 aromatic rings. The monoisotopic (exact) mass is 526 g/mol. The molecule has 200 valence electrons. The van der Waals surface area contributed by atoms with Gasteiger partial charge in [-0.25, -0.2) is 4.79 Å². The molecule has 0 saturated heterocycles. The number of aliphatic carboxylic acids is 1. The lowest BCUT2D eigenvalue weighted by Gasteiger charge is -2.41. The normalized spacial score (nSPS) is 20.2. The number of hydrazine groups is 1. The summed E-state index contributed by atoms with van der Waals surface area (Å²) in [4.78, 5) is 13.2. The molecule has 2 unspecified atom stereocenters. The maximum absolute atomic E-state index is 14.1. The van der Waals surface area contributed by atoms with Gasteiger partial charge in [-0.3, -0.25) is 10.4 Å². The first kappa shape index (κ1) is 25.9. The number of methoxy groups -OCH3 is 1. The van der Waals surface area contributed by atoms with Gasteiger partial charge in [-0.05, 0) is 83.6 Å². The lowest BCUT2D eigenvalue weighted by Crippen LogP contribution is -2.61. The van der Waals surface area contributed by atoms with Crippen molar-refractivity contribution in [1.29, 1.82) is 0 Å². The smallest absolute Gasteiger partial charge is 0.432 e. The number of carboxylic acids is 1. The number of hydrogen-bond acceptors (Lipinski definition) is 6. The number of carbonyl (C=O) groups is 1. The average molecular weight is 527 g/mol. The second-order valence-corrected chi connectivity index (χ2v) is 9.76. The van der Waals surface area contributed by atoms with Crippen LogP contribution in [0.5, 0.6) is 5.75 Å². The highest BCUT2D eigenvalue weighted by atomic mass is 19.4. The van der Waals surface area contributed by atoms with E-state index < -0.39 is 29.4 Å². The van der Waals surface area contributed by atoms with Gasteiger partial charge < -0.3 is 20.9 Å². The van der Waals surface area contributed by atoms with Crippen molar-refractivity contribution in [2.75, 3.05) is 18.7 Å². The Morgan fingerprint density at radius 2 is 1.92 bits per heavy atom. The SMILES string of the molecule is COc1ccc2cc(C(NCC3CC3)C3(C(=O)O)C=C(C(F)(F)F)NN3c3cccc(CN)c3)ccc2c1. The van der Waals surface area contributed by atoms with E-state index in [1.54, 1.807) is 43.5 Å². The predicted molar refractivity (Wildman–Crippen MR) is 138 cm³/mol. The summed E-state index contributed by atoms with van der Waals surface area (Å²) in [6.45, 7) is 0.630. The molecule has 1 heterocycles. The van der Waals surface area contributed by atoms with Gasteiger partial charge in [0.05, 0.1) is 18.8 Å². The molecule has 1 saturated carbocycles. The van der Waals surface area contributed by atoms with Gasteiger partial charge in [0, 0.05) is 6.54 Å². The quantitative estimate of drug-likeness (QED) is 0.322. The summed E-state index contributed by atoms with van der Waals surface area (Å²) < 4.78 is 47.5. The van der Waals surface area contributed by atoms with Gasteiger partial charge in [-0.15, -0.1) is 0 Å². The molecule has 5 rings (SSSR count). The Morgan fingerprint density at radius 3 is 2.58 bits per heavy atom. The fourth-order valence-electron chi connectivity index (χ4n) is 4.95. The van der Waals surface area contributed by atoms with E-state index in [1.165, 1.54) is 0 Å². The van der Waals surface area contributed by atoms with Gasteiger partial charge in [0.25, 0.3) is 0 Å². The van der Waals surface area contributed by atoms with Gasteiger partial charge >= 0.3 is 12.1 Å². The molecule has 2 aliphatic rings. The zero-order chi connectivity index (χ0) is 27.1. The van der Waals surface area contributed by atoms with Gasteiger partial charge in [0.2, 0.25) is 0 Å². The molecule has 1 fully saturated rings. The molecule has 0 aromatic heterocycles. The number of rotatable bonds is 9. The minimum atomic E-state index is -4.79. The molecule has 1 aliphatic carbocycles. The van der Waals surface area contributed by atoms with Crippen LogP contribution in [0, 0.1) is 5.92 Å². The Bertz CT molecular complexity index is 1390. The number of nitrogens with two attached hydrogens (primary N) is 1. The Labute approximate surface area is 218 Å². The highest BCUT2D eigenvalue weighted by Crippen LogP contribution is 2.44. The highest BCUT2D eigenvalue weighted by Gasteiger charge is 2.58. The summed E-state index contributed by atoms with van der Waals surface area (Å²) in [6, 6.07) is 16.4. The van der Waals surface area contributed by atoms with Crippen LogP contribution in [0.3, 0.4) is 0 Å². The van der Waals surface area contributed by atoms with Crippen LogP contribution < -0.4 is 26.2 Å². The first-order valence-corrected chi connectivity index (χ1v) is 12.4. The number of allylic oxidation sites excluding steroid dienone is 1. The van der Waals surface area contributed by atoms with Crippen LogP contribution in [0.4, 0.5) is 18.9 Å². The summed E-state index contributed by atoms with van der Waals surface area (Å²) in [5.74, 6) is -0.410. The van der Waals surface area contributed by atoms with Crippen molar-refractivity contribution in [3.63, 3.8) is 0 Å².